The van der Waals surface area contributed by atoms with Gasteiger partial charge in [-0.2, -0.15) is 0 Å². The lowest BCUT2D eigenvalue weighted by atomic mass is 9.53. The maximum absolute atomic E-state index is 12.4. The van der Waals surface area contributed by atoms with Crippen LogP contribution in [-0.2, 0) is 9.53 Å². The van der Waals surface area contributed by atoms with Crippen LogP contribution in [0.15, 0.2) is 18.2 Å². The molecule has 150 valence electrons. The predicted octanol–water partition coefficient (Wildman–Crippen LogP) is 3.25. The molecule has 6 heteroatoms. The van der Waals surface area contributed by atoms with Gasteiger partial charge in [-0.25, -0.2) is 9.59 Å². The summed E-state index contributed by atoms with van der Waals surface area (Å²) >= 11 is 0. The van der Waals surface area contributed by atoms with Crippen LogP contribution in [0.3, 0.4) is 0 Å². The molecule has 0 spiro atoms. The zero-order valence-electron chi connectivity index (χ0n) is 16.5. The van der Waals surface area contributed by atoms with Gasteiger partial charge >= 0.3 is 12.0 Å². The summed E-state index contributed by atoms with van der Waals surface area (Å²) in [6.45, 7) is 3.40. The summed E-state index contributed by atoms with van der Waals surface area (Å²) < 4.78 is 5.05. The summed E-state index contributed by atoms with van der Waals surface area (Å²) in [6, 6.07) is 4.76. The van der Waals surface area contributed by atoms with E-state index in [-0.39, 0.29) is 5.54 Å². The average Bonchev–Trinajstić information content (AvgIpc) is 2.60. The van der Waals surface area contributed by atoms with Crippen LogP contribution in [-0.4, -0.2) is 30.1 Å². The summed E-state index contributed by atoms with van der Waals surface area (Å²) in [4.78, 5) is 36.5. The van der Waals surface area contributed by atoms with Crippen molar-refractivity contribution in [2.75, 3.05) is 6.61 Å². The minimum atomic E-state index is -0.612. The van der Waals surface area contributed by atoms with Crippen molar-refractivity contribution in [3.8, 4) is 0 Å². The lowest BCUT2D eigenvalue weighted by Crippen LogP contribution is -2.62. The van der Waals surface area contributed by atoms with Gasteiger partial charge in [-0.05, 0) is 93.4 Å². The minimum Gasteiger partial charge on any atom is -0.452 e. The van der Waals surface area contributed by atoms with Gasteiger partial charge in [0.15, 0.2) is 6.61 Å². The van der Waals surface area contributed by atoms with Crippen molar-refractivity contribution >= 4 is 17.9 Å². The molecule has 1 aromatic rings. The summed E-state index contributed by atoms with van der Waals surface area (Å²) in [6.07, 6.45) is 6.91. The van der Waals surface area contributed by atoms with Gasteiger partial charge in [0, 0.05) is 5.54 Å². The maximum atomic E-state index is 12.4. The molecule has 0 aromatic heterocycles. The fraction of sp³-hybridized carbons (Fsp3) is 0.591. The number of rotatable bonds is 4. The quantitative estimate of drug-likeness (QED) is 0.781. The summed E-state index contributed by atoms with van der Waals surface area (Å²) in [5.74, 6) is 0.947. The Hall–Kier alpha value is -2.37. The van der Waals surface area contributed by atoms with Gasteiger partial charge in [-0.3, -0.25) is 10.1 Å². The summed E-state index contributed by atoms with van der Waals surface area (Å²) in [7, 11) is 0. The highest BCUT2D eigenvalue weighted by Crippen LogP contribution is 2.55. The second-order valence-corrected chi connectivity index (χ2v) is 9.08. The smallest absolute Gasteiger partial charge is 0.338 e. The number of esters is 1. The van der Waals surface area contributed by atoms with E-state index in [0.717, 1.165) is 30.4 Å². The number of aryl methyl sites for hydroxylation is 2. The second-order valence-electron chi connectivity index (χ2n) is 9.08. The number of imide groups is 1. The molecule has 6 nitrogen and oxygen atoms in total. The van der Waals surface area contributed by atoms with Crippen LogP contribution in [0.5, 0.6) is 0 Å². The van der Waals surface area contributed by atoms with Crippen LogP contribution in [0.2, 0.25) is 0 Å². The van der Waals surface area contributed by atoms with Crippen molar-refractivity contribution in [1.82, 2.24) is 10.6 Å². The number of hydrogen-bond donors (Lipinski definition) is 2. The SMILES string of the molecule is Cc1ccc(C(=O)OCC(=O)NC(=O)NC23CC4CC(CC(C4)C2)C3)cc1C. The molecule has 0 radical (unpaired) electrons. The molecule has 4 fully saturated rings. The zero-order chi connectivity index (χ0) is 19.9. The van der Waals surface area contributed by atoms with Gasteiger partial charge in [-0.1, -0.05) is 6.07 Å². The first-order chi connectivity index (χ1) is 13.3. The van der Waals surface area contributed by atoms with E-state index in [0.29, 0.717) is 23.3 Å². The first-order valence-corrected chi connectivity index (χ1v) is 10.2. The van der Waals surface area contributed by atoms with Crippen LogP contribution >= 0.6 is 0 Å². The van der Waals surface area contributed by atoms with E-state index in [9.17, 15) is 14.4 Å². The Balaban J connectivity index is 1.26. The number of ether oxygens (including phenoxy) is 1. The highest BCUT2D eigenvalue weighted by Gasteiger charge is 2.51. The Bertz CT molecular complexity index is 781. The van der Waals surface area contributed by atoms with E-state index >= 15 is 0 Å². The molecule has 2 N–H and O–H groups in total. The fourth-order valence-electron chi connectivity index (χ4n) is 5.78. The Kier molecular flexibility index (Phi) is 4.89. The molecular formula is C22H28N2O4. The number of carbonyl (C=O) groups excluding carboxylic acids is 3. The van der Waals surface area contributed by atoms with E-state index in [2.05, 4.69) is 10.6 Å². The Morgan fingerprint density at radius 1 is 1.00 bits per heavy atom. The van der Waals surface area contributed by atoms with Crippen LogP contribution in [0.1, 0.15) is 60.0 Å². The van der Waals surface area contributed by atoms with Crippen LogP contribution in [0, 0.1) is 31.6 Å². The number of benzene rings is 1. The van der Waals surface area contributed by atoms with Gasteiger partial charge in [0.1, 0.15) is 0 Å². The van der Waals surface area contributed by atoms with Crippen LogP contribution < -0.4 is 10.6 Å². The molecule has 28 heavy (non-hydrogen) atoms. The van der Waals surface area contributed by atoms with Crippen molar-refractivity contribution in [2.45, 2.75) is 57.9 Å². The number of carbonyl (C=O) groups is 3. The van der Waals surface area contributed by atoms with Gasteiger partial charge < -0.3 is 10.1 Å². The van der Waals surface area contributed by atoms with E-state index in [1.54, 1.807) is 12.1 Å². The van der Waals surface area contributed by atoms with Gasteiger partial charge in [-0.15, -0.1) is 0 Å². The molecule has 4 bridgehead atoms. The van der Waals surface area contributed by atoms with Crippen LogP contribution in [0.4, 0.5) is 4.79 Å². The van der Waals surface area contributed by atoms with E-state index in [4.69, 9.17) is 4.74 Å². The van der Waals surface area contributed by atoms with Crippen molar-refractivity contribution in [3.05, 3.63) is 34.9 Å². The van der Waals surface area contributed by atoms with Gasteiger partial charge in [0.25, 0.3) is 5.91 Å². The molecule has 0 atom stereocenters. The third kappa shape index (κ3) is 3.91. The lowest BCUT2D eigenvalue weighted by molar-refractivity contribution is -0.123. The molecule has 0 saturated heterocycles. The van der Waals surface area contributed by atoms with E-state index < -0.39 is 24.5 Å². The first kappa shape index (κ1) is 19.0. The highest BCUT2D eigenvalue weighted by molar-refractivity contribution is 5.97. The number of hydrogen-bond acceptors (Lipinski definition) is 4. The topological polar surface area (TPSA) is 84.5 Å². The zero-order valence-corrected chi connectivity index (χ0v) is 16.5. The van der Waals surface area contributed by atoms with Crippen molar-refractivity contribution in [2.24, 2.45) is 17.8 Å². The molecule has 5 rings (SSSR count). The number of nitrogens with one attached hydrogen (secondary N) is 2. The molecule has 0 heterocycles. The normalized spacial score (nSPS) is 30.0. The highest BCUT2D eigenvalue weighted by atomic mass is 16.5. The average molecular weight is 384 g/mol. The molecular weight excluding hydrogens is 356 g/mol. The van der Waals surface area contributed by atoms with Gasteiger partial charge in [0.05, 0.1) is 5.56 Å². The molecule has 4 aliphatic carbocycles. The van der Waals surface area contributed by atoms with Gasteiger partial charge in [0.2, 0.25) is 0 Å². The first-order valence-electron chi connectivity index (χ1n) is 10.2. The number of urea groups is 1. The Morgan fingerprint density at radius 2 is 1.61 bits per heavy atom. The lowest BCUT2D eigenvalue weighted by Gasteiger charge is -2.56. The van der Waals surface area contributed by atoms with Crippen LogP contribution in [0.25, 0.3) is 0 Å². The molecule has 3 amide bonds. The summed E-state index contributed by atoms with van der Waals surface area (Å²) in [5, 5.41) is 5.39. The third-order valence-electron chi connectivity index (χ3n) is 6.75. The maximum Gasteiger partial charge on any atom is 0.338 e. The fourth-order valence-corrected chi connectivity index (χ4v) is 5.78. The van der Waals surface area contributed by atoms with E-state index in [1.807, 2.05) is 19.9 Å². The monoisotopic (exact) mass is 384 g/mol. The van der Waals surface area contributed by atoms with Crippen molar-refractivity contribution < 1.29 is 19.1 Å². The molecule has 4 saturated carbocycles. The largest absolute Gasteiger partial charge is 0.452 e. The van der Waals surface area contributed by atoms with Crippen molar-refractivity contribution in [3.63, 3.8) is 0 Å². The number of amides is 3. The second kappa shape index (κ2) is 7.22. The Morgan fingerprint density at radius 3 is 2.18 bits per heavy atom. The summed E-state index contributed by atoms with van der Waals surface area (Å²) in [5.41, 5.74) is 2.30. The van der Waals surface area contributed by atoms with E-state index in [1.165, 1.54) is 19.3 Å². The molecule has 0 aliphatic heterocycles. The standard InChI is InChI=1S/C22H28N2O4/c1-13-3-4-18(5-14(13)2)20(26)28-12-19(25)23-21(27)24-22-9-15-6-16(10-22)8-17(7-15)11-22/h3-5,15-17H,6-12H2,1-2H3,(H2,23,24,25,27). The molecule has 4 aliphatic rings. The predicted molar refractivity (Wildman–Crippen MR) is 104 cm³/mol. The van der Waals surface area contributed by atoms with Crippen molar-refractivity contribution in [1.29, 1.82) is 0 Å². The third-order valence-corrected chi connectivity index (χ3v) is 6.75. The minimum absolute atomic E-state index is 0.158. The molecule has 1 aromatic carbocycles. The Labute approximate surface area is 165 Å². The molecule has 0 unspecified atom stereocenters.